The van der Waals surface area contributed by atoms with E-state index in [1.807, 2.05) is 12.1 Å². The predicted octanol–water partition coefficient (Wildman–Crippen LogP) is 4.13. The monoisotopic (exact) mass is 370 g/mol. The van der Waals surface area contributed by atoms with Crippen LogP contribution in [0.1, 0.15) is 36.9 Å². The van der Waals surface area contributed by atoms with Gasteiger partial charge in [-0.25, -0.2) is 4.39 Å². The van der Waals surface area contributed by atoms with Gasteiger partial charge in [0.15, 0.2) is 11.6 Å². The second kappa shape index (κ2) is 7.47. The third-order valence-corrected chi connectivity index (χ3v) is 6.04. The minimum Gasteiger partial charge on any atom is -0.506 e. The van der Waals surface area contributed by atoms with E-state index in [0.717, 1.165) is 38.2 Å². The molecule has 4 atom stereocenters. The summed E-state index contributed by atoms with van der Waals surface area (Å²) in [6.45, 7) is 7.07. The number of aryl methyl sites for hydroxylation is 1. The summed E-state index contributed by atoms with van der Waals surface area (Å²) in [7, 11) is 0. The van der Waals surface area contributed by atoms with Crippen molar-refractivity contribution in [3.63, 3.8) is 0 Å². The maximum Gasteiger partial charge on any atom is 0.167 e. The fraction of sp³-hybridized carbons (Fsp3) is 0.500. The lowest BCUT2D eigenvalue weighted by Gasteiger charge is -2.23. The summed E-state index contributed by atoms with van der Waals surface area (Å²) in [5.41, 5.74) is 1.65. The molecule has 0 radical (unpaired) electrons. The van der Waals surface area contributed by atoms with Crippen LogP contribution in [-0.4, -0.2) is 40.7 Å². The predicted molar refractivity (Wildman–Crippen MR) is 103 cm³/mol. The highest BCUT2D eigenvalue weighted by Gasteiger charge is 2.42. The molecule has 1 saturated carbocycles. The van der Waals surface area contributed by atoms with Crippen molar-refractivity contribution >= 4 is 0 Å². The second-order valence-electron chi connectivity index (χ2n) is 8.18. The van der Waals surface area contributed by atoms with Gasteiger partial charge in [-0.15, -0.1) is 0 Å². The van der Waals surface area contributed by atoms with Gasteiger partial charge < -0.3 is 14.7 Å². The molecule has 4 rings (SSSR count). The van der Waals surface area contributed by atoms with Crippen LogP contribution in [0.5, 0.6) is 11.5 Å². The highest BCUT2D eigenvalue weighted by molar-refractivity contribution is 5.30. The van der Waals surface area contributed by atoms with Crippen molar-refractivity contribution in [3.05, 3.63) is 53.6 Å². The first-order valence-electron chi connectivity index (χ1n) is 9.78. The summed E-state index contributed by atoms with van der Waals surface area (Å²) in [4.78, 5) is 6.85. The number of ether oxygens (including phenoxy) is 1. The fourth-order valence-corrected chi connectivity index (χ4v) is 4.65. The standard InChI is InChI=1S/C22H27FN2O2/c1-14-4-3-5-21(22(14)23)27-19-8-16-12-25(13-17(16)9-19)11-15(2)20-7-6-18(26)10-24-20/h3-7,10,15-17,19,26H,8-9,11-13H2,1-2H3/t15?,16-,17+,19+. The molecule has 1 aromatic heterocycles. The Morgan fingerprint density at radius 1 is 1.22 bits per heavy atom. The first-order chi connectivity index (χ1) is 13.0. The van der Waals surface area contributed by atoms with Crippen LogP contribution in [-0.2, 0) is 0 Å². The minimum absolute atomic E-state index is 0.120. The molecule has 0 spiro atoms. The van der Waals surface area contributed by atoms with E-state index in [4.69, 9.17) is 4.74 Å². The number of rotatable bonds is 5. The molecule has 1 aromatic carbocycles. The Morgan fingerprint density at radius 2 is 1.96 bits per heavy atom. The summed E-state index contributed by atoms with van der Waals surface area (Å²) in [5.74, 6) is 1.96. The van der Waals surface area contributed by atoms with Crippen LogP contribution in [0.15, 0.2) is 36.5 Å². The zero-order chi connectivity index (χ0) is 19.0. The largest absolute Gasteiger partial charge is 0.506 e. The highest BCUT2D eigenvalue weighted by atomic mass is 19.1. The van der Waals surface area contributed by atoms with Crippen molar-refractivity contribution < 1.29 is 14.2 Å². The Balaban J connectivity index is 1.30. The molecule has 2 fully saturated rings. The van der Waals surface area contributed by atoms with E-state index in [-0.39, 0.29) is 17.7 Å². The van der Waals surface area contributed by atoms with Gasteiger partial charge in [0.05, 0.1) is 12.3 Å². The molecule has 2 aliphatic rings. The molecule has 4 nitrogen and oxygen atoms in total. The average molecular weight is 370 g/mol. The summed E-state index contributed by atoms with van der Waals surface area (Å²) >= 11 is 0. The molecule has 1 aliphatic heterocycles. The molecule has 5 heteroatoms. The van der Waals surface area contributed by atoms with Gasteiger partial charge in [0, 0.05) is 31.2 Å². The van der Waals surface area contributed by atoms with Crippen molar-refractivity contribution in [1.29, 1.82) is 0 Å². The number of halogens is 1. The zero-order valence-corrected chi connectivity index (χ0v) is 15.9. The van der Waals surface area contributed by atoms with Crippen LogP contribution in [0, 0.1) is 24.6 Å². The Morgan fingerprint density at radius 3 is 2.63 bits per heavy atom. The van der Waals surface area contributed by atoms with E-state index in [1.54, 1.807) is 25.1 Å². The molecule has 27 heavy (non-hydrogen) atoms. The fourth-order valence-electron chi connectivity index (χ4n) is 4.65. The Hall–Kier alpha value is -2.14. The summed E-state index contributed by atoms with van der Waals surface area (Å²) in [5, 5.41) is 9.39. The lowest BCUT2D eigenvalue weighted by Crippen LogP contribution is -2.28. The van der Waals surface area contributed by atoms with Crippen LogP contribution in [0.2, 0.25) is 0 Å². The summed E-state index contributed by atoms with van der Waals surface area (Å²) in [6, 6.07) is 8.95. The first-order valence-corrected chi connectivity index (χ1v) is 9.78. The maximum atomic E-state index is 14.2. The topological polar surface area (TPSA) is 45.6 Å². The van der Waals surface area contributed by atoms with E-state index in [2.05, 4.69) is 16.8 Å². The van der Waals surface area contributed by atoms with Crippen molar-refractivity contribution in [1.82, 2.24) is 9.88 Å². The summed E-state index contributed by atoms with van der Waals surface area (Å²) in [6.07, 6.45) is 3.63. The molecule has 2 aromatic rings. The SMILES string of the molecule is Cc1cccc(O[C@H]2C[C@@H]3CN(CC(C)c4ccc(O)cn4)C[C@@H]3C2)c1F. The normalized spacial score (nSPS) is 26.1. The van der Waals surface area contributed by atoms with Gasteiger partial charge in [-0.05, 0) is 55.4 Å². The molecule has 1 saturated heterocycles. The van der Waals surface area contributed by atoms with Crippen molar-refractivity contribution in [2.45, 2.75) is 38.7 Å². The molecule has 1 N–H and O–H groups in total. The van der Waals surface area contributed by atoms with Crippen LogP contribution in [0.4, 0.5) is 4.39 Å². The van der Waals surface area contributed by atoms with Crippen LogP contribution < -0.4 is 4.74 Å². The lowest BCUT2D eigenvalue weighted by atomic mass is 10.0. The summed E-state index contributed by atoms with van der Waals surface area (Å²) < 4.78 is 20.2. The second-order valence-corrected chi connectivity index (χ2v) is 8.18. The Bertz CT molecular complexity index is 781. The number of nitrogens with zero attached hydrogens (tertiary/aromatic N) is 2. The molecule has 0 amide bonds. The van der Waals surface area contributed by atoms with Gasteiger partial charge in [-0.3, -0.25) is 4.98 Å². The van der Waals surface area contributed by atoms with Gasteiger partial charge >= 0.3 is 0 Å². The Kier molecular flexibility index (Phi) is 5.04. The molecule has 1 aliphatic carbocycles. The third kappa shape index (κ3) is 3.93. The number of fused-ring (bicyclic) bond motifs is 1. The van der Waals surface area contributed by atoms with Crippen LogP contribution in [0.3, 0.4) is 0 Å². The van der Waals surface area contributed by atoms with Gasteiger partial charge in [0.2, 0.25) is 0 Å². The number of aromatic nitrogens is 1. The average Bonchev–Trinajstić information content (AvgIpc) is 3.17. The Labute approximate surface area is 160 Å². The number of hydrogen-bond donors (Lipinski definition) is 1. The van der Waals surface area contributed by atoms with Crippen molar-refractivity contribution in [2.75, 3.05) is 19.6 Å². The molecular formula is C22H27FN2O2. The van der Waals surface area contributed by atoms with Gasteiger partial charge in [0.1, 0.15) is 5.75 Å². The number of pyridine rings is 1. The quantitative estimate of drug-likeness (QED) is 0.860. The number of hydrogen-bond acceptors (Lipinski definition) is 4. The number of aromatic hydroxyl groups is 1. The van der Waals surface area contributed by atoms with Crippen molar-refractivity contribution in [3.8, 4) is 11.5 Å². The van der Waals surface area contributed by atoms with Crippen LogP contribution in [0.25, 0.3) is 0 Å². The highest BCUT2D eigenvalue weighted by Crippen LogP contribution is 2.40. The van der Waals surface area contributed by atoms with E-state index >= 15 is 0 Å². The molecule has 2 heterocycles. The molecule has 1 unspecified atom stereocenters. The van der Waals surface area contributed by atoms with Gasteiger partial charge in [-0.1, -0.05) is 19.1 Å². The number of likely N-dealkylation sites (tertiary alicyclic amines) is 1. The molecule has 144 valence electrons. The molecule has 0 bridgehead atoms. The lowest BCUT2D eigenvalue weighted by molar-refractivity contribution is 0.177. The molecular weight excluding hydrogens is 343 g/mol. The van der Waals surface area contributed by atoms with Gasteiger partial charge in [0.25, 0.3) is 0 Å². The first kappa shape index (κ1) is 18.2. The van der Waals surface area contributed by atoms with E-state index in [1.165, 1.54) is 6.20 Å². The van der Waals surface area contributed by atoms with E-state index in [9.17, 15) is 9.50 Å². The van der Waals surface area contributed by atoms with Crippen LogP contribution >= 0.6 is 0 Å². The zero-order valence-electron chi connectivity index (χ0n) is 15.9. The van der Waals surface area contributed by atoms with E-state index < -0.39 is 0 Å². The van der Waals surface area contributed by atoms with Gasteiger partial charge in [-0.2, -0.15) is 0 Å². The van der Waals surface area contributed by atoms with Crippen molar-refractivity contribution in [2.24, 2.45) is 11.8 Å². The smallest absolute Gasteiger partial charge is 0.167 e. The third-order valence-electron chi connectivity index (χ3n) is 6.04. The minimum atomic E-state index is -0.230. The maximum absolute atomic E-state index is 14.2. The van der Waals surface area contributed by atoms with E-state index in [0.29, 0.717) is 29.1 Å². The number of benzene rings is 1.